The molecule has 1 atom stereocenters. The molecule has 0 aromatic heterocycles. The Hall–Kier alpha value is -1.34. The summed E-state index contributed by atoms with van der Waals surface area (Å²) in [6.07, 6.45) is 8.29. The van der Waals surface area contributed by atoms with Gasteiger partial charge in [0.1, 0.15) is 24.2 Å². The Labute approximate surface area is 188 Å². The molecule has 2 fully saturated rings. The van der Waals surface area contributed by atoms with Gasteiger partial charge in [-0.3, -0.25) is 4.90 Å². The van der Waals surface area contributed by atoms with Gasteiger partial charge in [-0.05, 0) is 63.8 Å². The molecular weight excluding hydrogens is 392 g/mol. The van der Waals surface area contributed by atoms with Gasteiger partial charge in [-0.2, -0.15) is 0 Å². The highest BCUT2D eigenvalue weighted by Crippen LogP contribution is 2.28. The number of nitrogens with zero attached hydrogens (tertiary/aromatic N) is 2. The van der Waals surface area contributed by atoms with Gasteiger partial charge in [0.2, 0.25) is 0 Å². The average molecular weight is 435 g/mol. The van der Waals surface area contributed by atoms with E-state index in [0.717, 1.165) is 56.4 Å². The molecule has 1 aromatic carbocycles. The molecule has 0 radical (unpaired) electrons. The number of ether oxygens (including phenoxy) is 3. The highest BCUT2D eigenvalue weighted by molar-refractivity contribution is 5.40. The van der Waals surface area contributed by atoms with Crippen molar-refractivity contribution < 1.29 is 19.3 Å². The van der Waals surface area contributed by atoms with Crippen molar-refractivity contribution in [3.05, 3.63) is 23.8 Å². The zero-order valence-electron chi connectivity index (χ0n) is 19.6. The summed E-state index contributed by atoms with van der Waals surface area (Å²) in [5, 5.41) is 10.6. The van der Waals surface area contributed by atoms with Crippen LogP contribution in [0.15, 0.2) is 18.2 Å². The lowest BCUT2D eigenvalue weighted by Crippen LogP contribution is -2.37. The van der Waals surface area contributed by atoms with Gasteiger partial charge in [0.05, 0.1) is 7.11 Å². The van der Waals surface area contributed by atoms with E-state index in [1.807, 2.05) is 12.1 Å². The third-order valence-electron chi connectivity index (χ3n) is 6.63. The largest absolute Gasteiger partial charge is 0.497 e. The number of aliphatic hydroxyl groups is 1. The number of piperidine rings is 1. The van der Waals surface area contributed by atoms with E-state index in [4.69, 9.17) is 14.2 Å². The molecule has 0 bridgehead atoms. The van der Waals surface area contributed by atoms with E-state index < -0.39 is 6.10 Å². The topological polar surface area (TPSA) is 54.4 Å². The average Bonchev–Trinajstić information content (AvgIpc) is 2.76. The van der Waals surface area contributed by atoms with E-state index in [0.29, 0.717) is 19.1 Å². The second kappa shape index (κ2) is 13.3. The van der Waals surface area contributed by atoms with E-state index in [2.05, 4.69) is 15.9 Å². The van der Waals surface area contributed by atoms with Crippen LogP contribution in [-0.2, 0) is 11.3 Å². The van der Waals surface area contributed by atoms with Crippen molar-refractivity contribution in [2.45, 2.75) is 57.6 Å². The lowest BCUT2D eigenvalue weighted by molar-refractivity contribution is 0.0642. The minimum absolute atomic E-state index is 0.312. The van der Waals surface area contributed by atoms with Gasteiger partial charge in [-0.25, -0.2) is 0 Å². The van der Waals surface area contributed by atoms with E-state index in [1.165, 1.54) is 44.9 Å². The minimum Gasteiger partial charge on any atom is -0.497 e. The Balaban J connectivity index is 1.53. The summed E-state index contributed by atoms with van der Waals surface area (Å²) in [4.78, 5) is 4.88. The highest BCUT2D eigenvalue weighted by atomic mass is 16.5. The van der Waals surface area contributed by atoms with Crippen LogP contribution in [-0.4, -0.2) is 81.2 Å². The fraction of sp³-hybridized carbons (Fsp3) is 0.760. The van der Waals surface area contributed by atoms with Crippen molar-refractivity contribution in [3.8, 4) is 11.5 Å². The van der Waals surface area contributed by atoms with Crippen molar-refractivity contribution in [2.75, 3.05) is 60.2 Å². The van der Waals surface area contributed by atoms with E-state index in [1.54, 1.807) is 14.2 Å². The van der Waals surface area contributed by atoms with Crippen LogP contribution in [0.25, 0.3) is 0 Å². The lowest BCUT2D eigenvalue weighted by atomic mass is 9.97. The zero-order valence-corrected chi connectivity index (χ0v) is 19.6. The fourth-order valence-electron chi connectivity index (χ4n) is 4.75. The number of hydrogen-bond donors (Lipinski definition) is 1. The van der Waals surface area contributed by atoms with Gasteiger partial charge in [0, 0.05) is 38.4 Å². The molecule has 3 rings (SSSR count). The van der Waals surface area contributed by atoms with Gasteiger partial charge >= 0.3 is 0 Å². The maximum absolute atomic E-state index is 10.6. The predicted molar refractivity (Wildman–Crippen MR) is 124 cm³/mol. The lowest BCUT2D eigenvalue weighted by Gasteiger charge is -2.32. The Kier molecular flexibility index (Phi) is 10.4. The molecule has 1 N–H and O–H groups in total. The number of methoxy groups -OCH3 is 2. The molecule has 1 unspecified atom stereocenters. The Bertz CT molecular complexity index is 626. The number of aliphatic hydroxyl groups excluding tert-OH is 1. The highest BCUT2D eigenvalue weighted by Gasteiger charge is 2.21. The minimum atomic E-state index is -0.483. The van der Waals surface area contributed by atoms with Crippen LogP contribution in [0.4, 0.5) is 0 Å². The van der Waals surface area contributed by atoms with Crippen LogP contribution in [0, 0.1) is 5.92 Å². The summed E-state index contributed by atoms with van der Waals surface area (Å²) in [6, 6.07) is 6.05. The first-order valence-electron chi connectivity index (χ1n) is 12.1. The first-order valence-corrected chi connectivity index (χ1v) is 12.1. The smallest absolute Gasteiger partial charge is 0.127 e. The number of hydrogen-bond acceptors (Lipinski definition) is 6. The van der Waals surface area contributed by atoms with Crippen molar-refractivity contribution in [1.29, 1.82) is 0 Å². The number of β-amino-alcohol motifs (C(OH)–C–C–N with tert-alkyl or cyclic N) is 1. The second-order valence-electron chi connectivity index (χ2n) is 9.18. The maximum atomic E-state index is 10.6. The fourth-order valence-corrected chi connectivity index (χ4v) is 4.75. The van der Waals surface area contributed by atoms with Gasteiger partial charge < -0.3 is 24.2 Å². The standard InChI is InChI=1S/C25H42N2O4/c1-29-19-21-10-14-27(15-11-21)17-22-8-9-24(30-2)16-25(22)31-20-23(28)18-26-12-6-4-3-5-7-13-26/h8-9,16,21,23,28H,3-7,10-15,17-20H2,1-2H3. The quantitative estimate of drug-likeness (QED) is 0.608. The van der Waals surface area contributed by atoms with E-state index >= 15 is 0 Å². The summed E-state index contributed by atoms with van der Waals surface area (Å²) >= 11 is 0. The normalized spacial score (nSPS) is 20.7. The molecule has 0 spiro atoms. The summed E-state index contributed by atoms with van der Waals surface area (Å²) in [5.74, 6) is 2.28. The van der Waals surface area contributed by atoms with Gasteiger partial charge in [-0.15, -0.1) is 0 Å². The van der Waals surface area contributed by atoms with Crippen LogP contribution in [0.1, 0.15) is 50.5 Å². The molecule has 2 saturated heterocycles. The molecule has 2 heterocycles. The summed E-state index contributed by atoms with van der Waals surface area (Å²) in [6.45, 7) is 7.05. The van der Waals surface area contributed by atoms with E-state index in [9.17, 15) is 5.11 Å². The van der Waals surface area contributed by atoms with Crippen LogP contribution in [0.3, 0.4) is 0 Å². The summed E-state index contributed by atoms with van der Waals surface area (Å²) < 4.78 is 16.9. The van der Waals surface area contributed by atoms with Crippen molar-refractivity contribution in [2.24, 2.45) is 5.92 Å². The molecule has 0 amide bonds. The maximum Gasteiger partial charge on any atom is 0.127 e. The molecule has 2 aliphatic heterocycles. The molecule has 31 heavy (non-hydrogen) atoms. The zero-order chi connectivity index (χ0) is 21.9. The number of likely N-dealkylation sites (tertiary alicyclic amines) is 2. The first kappa shape index (κ1) is 24.3. The van der Waals surface area contributed by atoms with Crippen LogP contribution in [0.5, 0.6) is 11.5 Å². The van der Waals surface area contributed by atoms with E-state index in [-0.39, 0.29) is 0 Å². The molecule has 6 heteroatoms. The van der Waals surface area contributed by atoms with Gasteiger partial charge in [0.25, 0.3) is 0 Å². The van der Waals surface area contributed by atoms with Crippen LogP contribution in [0.2, 0.25) is 0 Å². The SMILES string of the molecule is COCC1CCN(Cc2ccc(OC)cc2OCC(O)CN2CCCCCCC2)CC1. The third kappa shape index (κ3) is 8.26. The predicted octanol–water partition coefficient (Wildman–Crippen LogP) is 3.56. The Morgan fingerprint density at radius 3 is 2.35 bits per heavy atom. The Morgan fingerprint density at radius 1 is 0.968 bits per heavy atom. The Morgan fingerprint density at radius 2 is 1.68 bits per heavy atom. The molecule has 0 aliphatic carbocycles. The monoisotopic (exact) mass is 434 g/mol. The summed E-state index contributed by atoms with van der Waals surface area (Å²) in [7, 11) is 3.46. The molecular formula is C25H42N2O4. The molecule has 6 nitrogen and oxygen atoms in total. The van der Waals surface area contributed by atoms with Crippen LogP contribution < -0.4 is 9.47 Å². The second-order valence-corrected chi connectivity index (χ2v) is 9.18. The first-order chi connectivity index (χ1) is 15.2. The molecule has 0 saturated carbocycles. The van der Waals surface area contributed by atoms with Crippen molar-refractivity contribution in [3.63, 3.8) is 0 Å². The van der Waals surface area contributed by atoms with Gasteiger partial charge in [-0.1, -0.05) is 25.3 Å². The van der Waals surface area contributed by atoms with Crippen molar-refractivity contribution >= 4 is 0 Å². The molecule has 176 valence electrons. The summed E-state index contributed by atoms with van der Waals surface area (Å²) in [5.41, 5.74) is 1.16. The number of rotatable bonds is 10. The third-order valence-corrected chi connectivity index (χ3v) is 6.63. The van der Waals surface area contributed by atoms with Gasteiger partial charge in [0.15, 0.2) is 0 Å². The molecule has 1 aromatic rings. The molecule has 2 aliphatic rings. The van der Waals surface area contributed by atoms with Crippen molar-refractivity contribution in [1.82, 2.24) is 9.80 Å². The van der Waals surface area contributed by atoms with Crippen LogP contribution >= 0.6 is 0 Å². The number of benzene rings is 1.